The summed E-state index contributed by atoms with van der Waals surface area (Å²) in [7, 11) is 0. The molecule has 0 saturated heterocycles. The van der Waals surface area contributed by atoms with Gasteiger partial charge in [0.05, 0.1) is 5.02 Å². The molecule has 1 aromatic carbocycles. The monoisotopic (exact) mass is 483 g/mol. The van der Waals surface area contributed by atoms with Gasteiger partial charge in [0.15, 0.2) is 24.0 Å². The van der Waals surface area contributed by atoms with Crippen LogP contribution < -0.4 is 4.74 Å². The highest BCUT2D eigenvalue weighted by Gasteiger charge is 2.19. The number of nitrogens with zero attached hydrogens (tertiary/aromatic N) is 5. The molecule has 0 aliphatic heterocycles. The molecule has 0 unspecified atom stereocenters. The fourth-order valence-corrected chi connectivity index (χ4v) is 3.08. The van der Waals surface area contributed by atoms with E-state index in [4.69, 9.17) is 32.4 Å². The van der Waals surface area contributed by atoms with E-state index in [9.17, 15) is 4.39 Å². The van der Waals surface area contributed by atoms with Gasteiger partial charge < -0.3 is 9.15 Å². The minimum absolute atomic E-state index is 0.0252. The van der Waals surface area contributed by atoms with Crippen LogP contribution >= 0.6 is 39.1 Å². The Morgan fingerprint density at radius 3 is 2.82 bits per heavy atom. The van der Waals surface area contributed by atoms with Crippen LogP contribution in [0.2, 0.25) is 10.0 Å². The van der Waals surface area contributed by atoms with Crippen LogP contribution in [0.5, 0.6) is 5.75 Å². The molecule has 3 aromatic heterocycles. The molecule has 11 heteroatoms. The second kappa shape index (κ2) is 7.86. The van der Waals surface area contributed by atoms with Crippen LogP contribution in [0.4, 0.5) is 4.39 Å². The molecule has 0 amide bonds. The molecule has 142 valence electrons. The lowest BCUT2D eigenvalue weighted by molar-refractivity contribution is 0.253. The maximum atomic E-state index is 13.8. The fraction of sp³-hybridized carbons (Fsp3) is 0.0588. The van der Waals surface area contributed by atoms with E-state index in [0.29, 0.717) is 21.1 Å². The van der Waals surface area contributed by atoms with Gasteiger partial charge in [-0.3, -0.25) is 0 Å². The molecule has 28 heavy (non-hydrogen) atoms. The van der Waals surface area contributed by atoms with Gasteiger partial charge >= 0.3 is 0 Å². The summed E-state index contributed by atoms with van der Waals surface area (Å²) in [5.74, 6) is 0.177. The molecule has 0 N–H and O–H groups in total. The lowest BCUT2D eigenvalue weighted by atomic mass is 10.3. The molecule has 0 aliphatic rings. The van der Waals surface area contributed by atoms with Crippen LogP contribution in [0.1, 0.15) is 5.89 Å². The summed E-state index contributed by atoms with van der Waals surface area (Å²) in [4.78, 5) is 4.23. The number of hydrogen-bond donors (Lipinski definition) is 0. The maximum Gasteiger partial charge on any atom is 0.266 e. The van der Waals surface area contributed by atoms with Crippen LogP contribution in [0, 0.1) is 5.82 Å². The highest BCUT2D eigenvalue weighted by Crippen LogP contribution is 2.28. The Kier molecular flexibility index (Phi) is 5.29. The highest BCUT2D eigenvalue weighted by molar-refractivity contribution is 9.10. The molecular weight excluding hydrogens is 476 g/mol. The molecule has 0 fully saturated rings. The Balaban J connectivity index is 1.59. The van der Waals surface area contributed by atoms with Gasteiger partial charge in [0.25, 0.3) is 11.8 Å². The molecule has 0 radical (unpaired) electrons. The van der Waals surface area contributed by atoms with Gasteiger partial charge in [-0.05, 0) is 46.3 Å². The first kappa shape index (κ1) is 18.9. The molecule has 4 aromatic rings. The largest absolute Gasteiger partial charge is 0.481 e. The molecule has 3 heterocycles. The van der Waals surface area contributed by atoms with Gasteiger partial charge in [-0.1, -0.05) is 23.2 Å². The molecular formula is C17H9BrCl2FN5O2. The standard InChI is InChI=1S/C17H9BrCl2FN5O2/c18-14-7-12(26(25-14)16-10(20)2-1-5-22-16)17-24-23-15(28-17)8-27-13-4-3-9(19)6-11(13)21/h1-7H,8H2. The quantitative estimate of drug-likeness (QED) is 0.392. The predicted molar refractivity (Wildman–Crippen MR) is 103 cm³/mol. The average molecular weight is 485 g/mol. The number of pyridine rings is 1. The van der Waals surface area contributed by atoms with Crippen LogP contribution in [0.3, 0.4) is 0 Å². The van der Waals surface area contributed by atoms with Crippen molar-refractivity contribution in [3.05, 3.63) is 69.0 Å². The minimum atomic E-state index is -0.584. The number of benzene rings is 1. The summed E-state index contributed by atoms with van der Waals surface area (Å²) < 4.78 is 26.8. The molecule has 4 rings (SSSR count). The SMILES string of the molecule is Fc1cc(Cl)ccc1OCc1nnc(-c2cc(Br)nn2-c2ncccc2Cl)o1. The summed E-state index contributed by atoms with van der Waals surface area (Å²) in [6.07, 6.45) is 1.59. The Labute approximate surface area is 176 Å². The van der Waals surface area contributed by atoms with Gasteiger partial charge in [-0.25, -0.2) is 14.1 Å². The van der Waals surface area contributed by atoms with Crippen molar-refractivity contribution in [2.24, 2.45) is 0 Å². The molecule has 0 bridgehead atoms. The Hall–Kier alpha value is -2.49. The second-order valence-electron chi connectivity index (χ2n) is 5.44. The van der Waals surface area contributed by atoms with Crippen LogP contribution in [-0.2, 0) is 6.61 Å². The third-order valence-corrected chi connectivity index (χ3v) is 4.47. The molecule has 0 spiro atoms. The first-order chi connectivity index (χ1) is 13.5. The van der Waals surface area contributed by atoms with E-state index in [1.54, 1.807) is 24.4 Å². The van der Waals surface area contributed by atoms with Gasteiger partial charge in [0, 0.05) is 17.3 Å². The van der Waals surface area contributed by atoms with Crippen molar-refractivity contribution >= 4 is 39.1 Å². The Morgan fingerprint density at radius 2 is 2.04 bits per heavy atom. The van der Waals surface area contributed by atoms with Crippen molar-refractivity contribution in [2.75, 3.05) is 0 Å². The molecule has 0 saturated carbocycles. The lowest BCUT2D eigenvalue weighted by Crippen LogP contribution is -2.02. The van der Waals surface area contributed by atoms with E-state index < -0.39 is 5.82 Å². The smallest absolute Gasteiger partial charge is 0.266 e. The number of aromatic nitrogens is 5. The minimum Gasteiger partial charge on any atom is -0.481 e. The summed E-state index contributed by atoms with van der Waals surface area (Å²) in [5.41, 5.74) is 0.476. The third-order valence-electron chi connectivity index (χ3n) is 3.55. The van der Waals surface area contributed by atoms with E-state index in [1.807, 2.05) is 0 Å². The van der Waals surface area contributed by atoms with Gasteiger partial charge in [-0.2, -0.15) is 5.10 Å². The second-order valence-corrected chi connectivity index (χ2v) is 7.09. The van der Waals surface area contributed by atoms with Crippen molar-refractivity contribution in [3.8, 4) is 23.2 Å². The van der Waals surface area contributed by atoms with E-state index in [2.05, 4.69) is 36.2 Å². The third kappa shape index (κ3) is 3.87. The summed E-state index contributed by atoms with van der Waals surface area (Å²) in [6, 6.07) is 9.18. The zero-order chi connectivity index (χ0) is 19.7. The van der Waals surface area contributed by atoms with Crippen LogP contribution in [-0.4, -0.2) is 25.0 Å². The number of ether oxygens (including phenoxy) is 1. The first-order valence-electron chi connectivity index (χ1n) is 7.78. The van der Waals surface area contributed by atoms with Crippen LogP contribution in [0.15, 0.2) is 51.6 Å². The zero-order valence-electron chi connectivity index (χ0n) is 13.8. The van der Waals surface area contributed by atoms with Crippen molar-refractivity contribution in [2.45, 2.75) is 6.61 Å². The Morgan fingerprint density at radius 1 is 1.18 bits per heavy atom. The molecule has 7 nitrogen and oxygen atoms in total. The van der Waals surface area contributed by atoms with Crippen molar-refractivity contribution < 1.29 is 13.5 Å². The predicted octanol–water partition coefficient (Wildman–Crippen LogP) is 5.10. The van der Waals surface area contributed by atoms with Gasteiger partial charge in [-0.15, -0.1) is 10.2 Å². The van der Waals surface area contributed by atoms with Crippen LogP contribution in [0.25, 0.3) is 17.4 Å². The zero-order valence-corrected chi connectivity index (χ0v) is 16.9. The number of hydrogen-bond acceptors (Lipinski definition) is 6. The molecule has 0 aliphatic carbocycles. The highest BCUT2D eigenvalue weighted by atomic mass is 79.9. The lowest BCUT2D eigenvalue weighted by Gasteiger charge is -2.05. The van der Waals surface area contributed by atoms with E-state index >= 15 is 0 Å². The first-order valence-corrected chi connectivity index (χ1v) is 9.33. The maximum absolute atomic E-state index is 13.8. The van der Waals surface area contributed by atoms with E-state index in [-0.39, 0.29) is 29.2 Å². The van der Waals surface area contributed by atoms with E-state index in [0.717, 1.165) is 6.07 Å². The summed E-state index contributed by atoms with van der Waals surface area (Å²) >= 11 is 15.2. The topological polar surface area (TPSA) is 78.9 Å². The van der Waals surface area contributed by atoms with Crippen molar-refractivity contribution in [3.63, 3.8) is 0 Å². The van der Waals surface area contributed by atoms with Gasteiger partial charge in [0.2, 0.25) is 0 Å². The summed E-state index contributed by atoms with van der Waals surface area (Å²) in [6.45, 7) is -0.120. The number of rotatable bonds is 5. The van der Waals surface area contributed by atoms with E-state index in [1.165, 1.54) is 16.8 Å². The normalized spacial score (nSPS) is 11.0. The number of halogens is 4. The molecule has 0 atom stereocenters. The Bertz CT molecular complexity index is 1150. The van der Waals surface area contributed by atoms with Crippen molar-refractivity contribution in [1.82, 2.24) is 25.0 Å². The average Bonchev–Trinajstić information content (AvgIpc) is 3.28. The summed E-state index contributed by atoms with van der Waals surface area (Å²) in [5, 5.41) is 12.9. The van der Waals surface area contributed by atoms with Crippen molar-refractivity contribution in [1.29, 1.82) is 0 Å². The fourth-order valence-electron chi connectivity index (χ4n) is 2.35. The van der Waals surface area contributed by atoms with Gasteiger partial charge in [0.1, 0.15) is 10.3 Å².